The van der Waals surface area contributed by atoms with Gasteiger partial charge in [-0.3, -0.25) is 4.79 Å². The first-order valence-corrected chi connectivity index (χ1v) is 4.84. The number of hydrogen-bond donors (Lipinski definition) is 2. The Labute approximate surface area is 84.4 Å². The van der Waals surface area contributed by atoms with E-state index >= 15 is 0 Å². The molecule has 0 aromatic heterocycles. The second-order valence-electron chi connectivity index (χ2n) is 3.08. The number of hydrogen-bond acceptors (Lipinski definition) is 2. The van der Waals surface area contributed by atoms with Crippen LogP contribution in [0.4, 0.5) is 11.4 Å². The zero-order valence-electron chi connectivity index (χ0n) is 6.93. The molecule has 0 aliphatic carbocycles. The highest BCUT2D eigenvalue weighted by atomic mass is 79.9. The van der Waals surface area contributed by atoms with Crippen LogP contribution < -0.4 is 11.1 Å². The number of anilines is 2. The minimum atomic E-state index is 0.0431. The largest absolute Gasteiger partial charge is 0.397 e. The molecule has 0 unspecified atom stereocenters. The molecule has 1 amide bonds. The predicted octanol–water partition coefficient (Wildman–Crippen LogP) is 1.92. The van der Waals surface area contributed by atoms with Crippen LogP contribution in [0.2, 0.25) is 0 Å². The quantitative estimate of drug-likeness (QED) is 0.681. The van der Waals surface area contributed by atoms with Crippen molar-refractivity contribution in [2.75, 3.05) is 11.1 Å². The van der Waals surface area contributed by atoms with E-state index in [0.717, 1.165) is 22.1 Å². The fourth-order valence-corrected chi connectivity index (χ4v) is 2.01. The maximum atomic E-state index is 11.1. The molecule has 1 aliphatic heterocycles. The molecule has 0 atom stereocenters. The Morgan fingerprint density at radius 3 is 2.92 bits per heavy atom. The summed E-state index contributed by atoms with van der Waals surface area (Å²) in [5, 5.41) is 2.77. The highest BCUT2D eigenvalue weighted by molar-refractivity contribution is 9.10. The van der Waals surface area contributed by atoms with Crippen molar-refractivity contribution in [3.63, 3.8) is 0 Å². The van der Waals surface area contributed by atoms with Crippen molar-refractivity contribution in [2.45, 2.75) is 12.8 Å². The first-order chi connectivity index (χ1) is 6.16. The van der Waals surface area contributed by atoms with E-state index in [0.29, 0.717) is 12.1 Å². The Bertz CT molecular complexity index is 376. The average Bonchev–Trinajstić information content (AvgIpc) is 2.06. The first-order valence-electron chi connectivity index (χ1n) is 4.04. The zero-order valence-corrected chi connectivity index (χ0v) is 8.52. The van der Waals surface area contributed by atoms with Crippen LogP contribution >= 0.6 is 15.9 Å². The summed E-state index contributed by atoms with van der Waals surface area (Å²) >= 11 is 3.36. The third-order valence-electron chi connectivity index (χ3n) is 2.10. The molecule has 13 heavy (non-hydrogen) atoms. The summed E-state index contributed by atoms with van der Waals surface area (Å²) in [6, 6.07) is 3.79. The third-order valence-corrected chi connectivity index (χ3v) is 2.56. The summed E-state index contributed by atoms with van der Waals surface area (Å²) in [4.78, 5) is 11.1. The van der Waals surface area contributed by atoms with Crippen molar-refractivity contribution in [3.05, 3.63) is 22.2 Å². The summed E-state index contributed by atoms with van der Waals surface area (Å²) in [7, 11) is 0. The Morgan fingerprint density at radius 2 is 2.15 bits per heavy atom. The van der Waals surface area contributed by atoms with E-state index < -0.39 is 0 Å². The Hall–Kier alpha value is -1.03. The van der Waals surface area contributed by atoms with Gasteiger partial charge in [-0.2, -0.15) is 0 Å². The van der Waals surface area contributed by atoms with E-state index in [9.17, 15) is 4.79 Å². The highest BCUT2D eigenvalue weighted by Gasteiger charge is 2.17. The number of fused-ring (bicyclic) bond motifs is 1. The summed E-state index contributed by atoms with van der Waals surface area (Å²) in [6.07, 6.45) is 1.31. The molecule has 2 rings (SSSR count). The molecule has 0 saturated carbocycles. The molecule has 0 radical (unpaired) electrons. The SMILES string of the molecule is Nc1cc(Br)cc2c1NC(=O)CC2. The van der Waals surface area contributed by atoms with Crippen molar-refractivity contribution < 1.29 is 4.79 Å². The highest BCUT2D eigenvalue weighted by Crippen LogP contribution is 2.31. The fraction of sp³-hybridized carbons (Fsp3) is 0.222. The number of benzene rings is 1. The molecule has 1 aliphatic rings. The van der Waals surface area contributed by atoms with Gasteiger partial charge in [0.2, 0.25) is 5.91 Å². The monoisotopic (exact) mass is 240 g/mol. The number of rotatable bonds is 0. The van der Waals surface area contributed by atoms with Crippen molar-refractivity contribution in [1.82, 2.24) is 0 Å². The maximum absolute atomic E-state index is 11.1. The number of carbonyl (C=O) groups is 1. The Morgan fingerprint density at radius 1 is 1.38 bits per heavy atom. The lowest BCUT2D eigenvalue weighted by molar-refractivity contribution is -0.116. The van der Waals surface area contributed by atoms with Gasteiger partial charge in [-0.15, -0.1) is 0 Å². The molecule has 0 spiro atoms. The maximum Gasteiger partial charge on any atom is 0.224 e. The minimum absolute atomic E-state index is 0.0431. The van der Waals surface area contributed by atoms with Crippen LogP contribution in [0, 0.1) is 0 Å². The number of amides is 1. The van der Waals surface area contributed by atoms with E-state index in [1.807, 2.05) is 6.07 Å². The molecule has 68 valence electrons. The number of carbonyl (C=O) groups excluding carboxylic acids is 1. The van der Waals surface area contributed by atoms with Crippen molar-refractivity contribution in [2.24, 2.45) is 0 Å². The van der Waals surface area contributed by atoms with Gasteiger partial charge < -0.3 is 11.1 Å². The lowest BCUT2D eigenvalue weighted by atomic mass is 10.0. The van der Waals surface area contributed by atoms with Crippen LogP contribution in [0.25, 0.3) is 0 Å². The van der Waals surface area contributed by atoms with Gasteiger partial charge in [-0.1, -0.05) is 15.9 Å². The van der Waals surface area contributed by atoms with Gasteiger partial charge in [0.15, 0.2) is 0 Å². The summed E-state index contributed by atoms with van der Waals surface area (Å²) in [5.41, 5.74) is 8.26. The van der Waals surface area contributed by atoms with E-state index in [4.69, 9.17) is 5.73 Å². The molecule has 0 bridgehead atoms. The van der Waals surface area contributed by atoms with Gasteiger partial charge in [0.25, 0.3) is 0 Å². The van der Waals surface area contributed by atoms with Crippen LogP contribution in [0.3, 0.4) is 0 Å². The van der Waals surface area contributed by atoms with Gasteiger partial charge >= 0.3 is 0 Å². The number of nitrogens with one attached hydrogen (secondary N) is 1. The van der Waals surface area contributed by atoms with Crippen LogP contribution in [-0.2, 0) is 11.2 Å². The summed E-state index contributed by atoms with van der Waals surface area (Å²) in [6.45, 7) is 0. The van der Waals surface area contributed by atoms with E-state index in [1.165, 1.54) is 0 Å². The van der Waals surface area contributed by atoms with Gasteiger partial charge in [0.1, 0.15) is 0 Å². The smallest absolute Gasteiger partial charge is 0.224 e. The van der Waals surface area contributed by atoms with Crippen molar-refractivity contribution in [1.29, 1.82) is 0 Å². The molecule has 4 heteroatoms. The summed E-state index contributed by atoms with van der Waals surface area (Å²) < 4.78 is 0.958. The third kappa shape index (κ3) is 1.54. The number of aryl methyl sites for hydroxylation is 1. The van der Waals surface area contributed by atoms with Gasteiger partial charge in [-0.05, 0) is 24.1 Å². The number of nitrogens with two attached hydrogens (primary N) is 1. The molecule has 0 saturated heterocycles. The normalized spacial score (nSPS) is 15.0. The van der Waals surface area contributed by atoms with Crippen LogP contribution in [0.15, 0.2) is 16.6 Å². The first kappa shape index (κ1) is 8.56. The molecule has 0 fully saturated rings. The molecule has 1 aromatic rings. The zero-order chi connectivity index (χ0) is 9.42. The lowest BCUT2D eigenvalue weighted by Crippen LogP contribution is -2.20. The molecule has 3 nitrogen and oxygen atoms in total. The molecular formula is C9H9BrN2O. The van der Waals surface area contributed by atoms with E-state index in [-0.39, 0.29) is 5.91 Å². The molecule has 1 aromatic carbocycles. The van der Waals surface area contributed by atoms with Gasteiger partial charge in [-0.25, -0.2) is 0 Å². The second-order valence-corrected chi connectivity index (χ2v) is 3.99. The van der Waals surface area contributed by atoms with Gasteiger partial charge in [0, 0.05) is 10.9 Å². The molecular weight excluding hydrogens is 232 g/mol. The Kier molecular flexibility index (Phi) is 2.00. The van der Waals surface area contributed by atoms with Crippen LogP contribution in [0.5, 0.6) is 0 Å². The van der Waals surface area contributed by atoms with E-state index in [2.05, 4.69) is 21.2 Å². The van der Waals surface area contributed by atoms with E-state index in [1.54, 1.807) is 6.07 Å². The molecule has 3 N–H and O–H groups in total. The van der Waals surface area contributed by atoms with Crippen molar-refractivity contribution >= 4 is 33.2 Å². The lowest BCUT2D eigenvalue weighted by Gasteiger charge is -2.18. The van der Waals surface area contributed by atoms with Crippen LogP contribution in [0.1, 0.15) is 12.0 Å². The minimum Gasteiger partial charge on any atom is -0.397 e. The predicted molar refractivity (Wildman–Crippen MR) is 55.5 cm³/mol. The topological polar surface area (TPSA) is 55.1 Å². The summed E-state index contributed by atoms with van der Waals surface area (Å²) in [5.74, 6) is 0.0431. The number of nitrogen functional groups attached to an aromatic ring is 1. The van der Waals surface area contributed by atoms with Crippen molar-refractivity contribution in [3.8, 4) is 0 Å². The Balaban J connectivity index is 2.53. The molecule has 1 heterocycles. The van der Waals surface area contributed by atoms with Crippen LogP contribution in [-0.4, -0.2) is 5.91 Å². The second kappa shape index (κ2) is 3.03. The van der Waals surface area contributed by atoms with Gasteiger partial charge in [0.05, 0.1) is 11.4 Å². The number of halogens is 1. The standard InChI is InChI=1S/C9H9BrN2O/c10-6-3-5-1-2-8(13)12-9(5)7(11)4-6/h3-4H,1-2,11H2,(H,12,13). The average molecular weight is 241 g/mol. The fourth-order valence-electron chi connectivity index (χ4n) is 1.49.